The fourth-order valence-corrected chi connectivity index (χ4v) is 3.70. The minimum Gasteiger partial charge on any atom is -0.238 e. The SMILES string of the molecule is Cc1cc(F)c2c(ccn2S(=O)(=O)c2ccc(N=O)cc2)c1. The number of aromatic nitrogens is 1. The van der Waals surface area contributed by atoms with Gasteiger partial charge in [-0.1, -0.05) is 0 Å². The number of rotatable bonds is 3. The zero-order valence-corrected chi connectivity index (χ0v) is 12.3. The van der Waals surface area contributed by atoms with Gasteiger partial charge in [-0.05, 0) is 60.1 Å². The molecule has 0 saturated carbocycles. The van der Waals surface area contributed by atoms with Crippen LogP contribution < -0.4 is 0 Å². The molecule has 0 bridgehead atoms. The lowest BCUT2D eigenvalue weighted by atomic mass is 10.2. The van der Waals surface area contributed by atoms with Crippen LogP contribution in [0.4, 0.5) is 10.1 Å². The van der Waals surface area contributed by atoms with Gasteiger partial charge in [0.15, 0.2) is 0 Å². The number of aryl methyl sites for hydroxylation is 1. The van der Waals surface area contributed by atoms with Crippen LogP contribution in [-0.2, 0) is 10.0 Å². The third-order valence-electron chi connectivity index (χ3n) is 3.35. The van der Waals surface area contributed by atoms with Crippen molar-refractivity contribution in [1.29, 1.82) is 0 Å². The summed E-state index contributed by atoms with van der Waals surface area (Å²) in [6.45, 7) is 1.74. The molecule has 3 aromatic rings. The van der Waals surface area contributed by atoms with Crippen molar-refractivity contribution < 1.29 is 12.8 Å². The van der Waals surface area contributed by atoms with Crippen molar-refractivity contribution in [3.05, 3.63) is 64.9 Å². The molecule has 22 heavy (non-hydrogen) atoms. The van der Waals surface area contributed by atoms with Crippen LogP contribution in [0, 0.1) is 17.6 Å². The van der Waals surface area contributed by atoms with Crippen molar-refractivity contribution in [1.82, 2.24) is 3.97 Å². The predicted molar refractivity (Wildman–Crippen MR) is 81.1 cm³/mol. The van der Waals surface area contributed by atoms with Crippen LogP contribution in [0.25, 0.3) is 10.9 Å². The van der Waals surface area contributed by atoms with Crippen molar-refractivity contribution in [3.63, 3.8) is 0 Å². The highest BCUT2D eigenvalue weighted by atomic mass is 32.2. The first kappa shape index (κ1) is 14.4. The molecule has 3 rings (SSSR count). The van der Waals surface area contributed by atoms with Crippen molar-refractivity contribution in [2.75, 3.05) is 0 Å². The van der Waals surface area contributed by atoms with Crippen LogP contribution in [0.15, 0.2) is 58.7 Å². The Kier molecular flexibility index (Phi) is 3.29. The normalized spacial score (nSPS) is 11.7. The van der Waals surface area contributed by atoms with Gasteiger partial charge in [-0.3, -0.25) is 0 Å². The highest BCUT2D eigenvalue weighted by Crippen LogP contribution is 2.26. The van der Waals surface area contributed by atoms with E-state index in [0.29, 0.717) is 10.9 Å². The molecule has 0 aliphatic carbocycles. The highest BCUT2D eigenvalue weighted by Gasteiger charge is 2.21. The van der Waals surface area contributed by atoms with Crippen molar-refractivity contribution in [2.24, 2.45) is 5.18 Å². The molecule has 112 valence electrons. The Morgan fingerprint density at radius 3 is 2.41 bits per heavy atom. The molecule has 0 saturated heterocycles. The molecule has 0 radical (unpaired) electrons. The lowest BCUT2D eigenvalue weighted by molar-refractivity contribution is 0.586. The average Bonchev–Trinajstić information content (AvgIpc) is 2.92. The summed E-state index contributed by atoms with van der Waals surface area (Å²) in [6, 6.07) is 9.67. The van der Waals surface area contributed by atoms with Crippen molar-refractivity contribution in [2.45, 2.75) is 11.8 Å². The maximum Gasteiger partial charge on any atom is 0.268 e. The van der Waals surface area contributed by atoms with E-state index in [9.17, 15) is 17.7 Å². The molecule has 0 spiro atoms. The number of hydrogen-bond donors (Lipinski definition) is 0. The molecule has 0 aliphatic heterocycles. The fourth-order valence-electron chi connectivity index (χ4n) is 2.34. The van der Waals surface area contributed by atoms with E-state index in [2.05, 4.69) is 5.18 Å². The molecule has 7 heteroatoms. The summed E-state index contributed by atoms with van der Waals surface area (Å²) in [5.41, 5.74) is 0.836. The molecule has 5 nitrogen and oxygen atoms in total. The summed E-state index contributed by atoms with van der Waals surface area (Å²) in [4.78, 5) is 10.3. The smallest absolute Gasteiger partial charge is 0.238 e. The van der Waals surface area contributed by atoms with E-state index in [-0.39, 0.29) is 16.1 Å². The first-order chi connectivity index (χ1) is 10.4. The van der Waals surface area contributed by atoms with Crippen molar-refractivity contribution in [3.8, 4) is 0 Å². The average molecular weight is 318 g/mol. The maximum atomic E-state index is 14.2. The number of nitrogens with zero attached hydrogens (tertiary/aromatic N) is 2. The predicted octanol–water partition coefficient (Wildman–Crippen LogP) is 3.72. The lowest BCUT2D eigenvalue weighted by Gasteiger charge is -2.08. The molecule has 0 aliphatic rings. The molecule has 1 aromatic heterocycles. The number of benzene rings is 2. The van der Waals surface area contributed by atoms with E-state index < -0.39 is 15.8 Å². The molecular formula is C15H11FN2O3S. The molecule has 2 aromatic carbocycles. The summed E-state index contributed by atoms with van der Waals surface area (Å²) >= 11 is 0. The van der Waals surface area contributed by atoms with Gasteiger partial charge in [-0.2, -0.15) is 0 Å². The number of halogens is 1. The van der Waals surface area contributed by atoms with Crippen molar-refractivity contribution >= 4 is 26.6 Å². The van der Waals surface area contributed by atoms with E-state index in [1.54, 1.807) is 19.1 Å². The Labute approximate surface area is 126 Å². The van der Waals surface area contributed by atoms with E-state index in [4.69, 9.17) is 0 Å². The van der Waals surface area contributed by atoms with Gasteiger partial charge in [0.1, 0.15) is 11.5 Å². The molecular weight excluding hydrogens is 307 g/mol. The highest BCUT2D eigenvalue weighted by molar-refractivity contribution is 7.90. The zero-order chi connectivity index (χ0) is 15.9. The van der Waals surface area contributed by atoms with E-state index in [1.165, 1.54) is 36.5 Å². The Morgan fingerprint density at radius 1 is 1.09 bits per heavy atom. The van der Waals surface area contributed by atoms with Gasteiger partial charge >= 0.3 is 0 Å². The molecule has 0 N–H and O–H groups in total. The lowest BCUT2D eigenvalue weighted by Crippen LogP contribution is -2.12. The number of fused-ring (bicyclic) bond motifs is 1. The zero-order valence-electron chi connectivity index (χ0n) is 11.5. The van der Waals surface area contributed by atoms with Crippen LogP contribution >= 0.6 is 0 Å². The Balaban J connectivity index is 2.22. The summed E-state index contributed by atoms with van der Waals surface area (Å²) < 4.78 is 40.3. The largest absolute Gasteiger partial charge is 0.268 e. The van der Waals surface area contributed by atoms with Crippen LogP contribution in [0.3, 0.4) is 0 Å². The van der Waals surface area contributed by atoms with Gasteiger partial charge in [0.25, 0.3) is 10.0 Å². The van der Waals surface area contributed by atoms with Gasteiger partial charge in [-0.15, -0.1) is 4.91 Å². The first-order valence-electron chi connectivity index (χ1n) is 6.40. The van der Waals surface area contributed by atoms with E-state index >= 15 is 0 Å². The minimum atomic E-state index is -3.95. The van der Waals surface area contributed by atoms with Gasteiger partial charge in [0.2, 0.25) is 0 Å². The quantitative estimate of drug-likeness (QED) is 0.691. The van der Waals surface area contributed by atoms with Gasteiger partial charge in [-0.25, -0.2) is 16.8 Å². The van der Waals surface area contributed by atoms with Crippen LogP contribution in [0.5, 0.6) is 0 Å². The molecule has 0 fully saturated rings. The Bertz CT molecular complexity index is 976. The van der Waals surface area contributed by atoms with E-state index in [1.807, 2.05) is 0 Å². The second kappa shape index (κ2) is 5.03. The summed E-state index contributed by atoms with van der Waals surface area (Å²) in [7, 11) is -3.95. The Hall–Kier alpha value is -2.54. The van der Waals surface area contributed by atoms with Crippen LogP contribution in [0.1, 0.15) is 5.56 Å². The summed E-state index contributed by atoms with van der Waals surface area (Å²) in [5.74, 6) is -0.602. The van der Waals surface area contributed by atoms with Gasteiger partial charge < -0.3 is 0 Å². The summed E-state index contributed by atoms with van der Waals surface area (Å²) in [5, 5.41) is 3.23. The maximum absolute atomic E-state index is 14.2. The third-order valence-corrected chi connectivity index (χ3v) is 5.04. The standard InChI is InChI=1S/C15H11FN2O3S/c1-10-8-11-6-7-18(15(11)14(16)9-10)22(20,21)13-4-2-12(17-19)3-5-13/h2-9H,1H3. The fraction of sp³-hybridized carbons (Fsp3) is 0.0667. The Morgan fingerprint density at radius 2 is 1.77 bits per heavy atom. The third kappa shape index (κ3) is 2.19. The van der Waals surface area contributed by atoms with Crippen LogP contribution in [-0.4, -0.2) is 12.4 Å². The minimum absolute atomic E-state index is 0.00295. The monoisotopic (exact) mass is 318 g/mol. The van der Waals surface area contributed by atoms with Gasteiger partial charge in [0.05, 0.1) is 10.4 Å². The number of hydrogen-bond acceptors (Lipinski definition) is 4. The first-order valence-corrected chi connectivity index (χ1v) is 7.84. The van der Waals surface area contributed by atoms with E-state index in [0.717, 1.165) is 3.97 Å². The van der Waals surface area contributed by atoms with Gasteiger partial charge in [0, 0.05) is 11.6 Å². The van der Waals surface area contributed by atoms with Crippen LogP contribution in [0.2, 0.25) is 0 Å². The summed E-state index contributed by atoms with van der Waals surface area (Å²) in [6.07, 6.45) is 1.31. The second-order valence-corrected chi connectivity index (χ2v) is 6.70. The topological polar surface area (TPSA) is 68.5 Å². The molecule has 0 unspecified atom stereocenters. The molecule has 0 amide bonds. The second-order valence-electron chi connectivity index (χ2n) is 4.89. The molecule has 1 heterocycles. The molecule has 0 atom stereocenters. The number of nitroso groups, excluding NO2 is 1.